The zero-order chi connectivity index (χ0) is 18.4. The second-order valence-electron chi connectivity index (χ2n) is 5.94. The lowest BCUT2D eigenvalue weighted by Crippen LogP contribution is -2.36. The van der Waals surface area contributed by atoms with E-state index in [0.717, 1.165) is 30.5 Å². The van der Waals surface area contributed by atoms with Crippen molar-refractivity contribution in [2.75, 3.05) is 0 Å². The monoisotopic (exact) mass is 353 g/mol. The van der Waals surface area contributed by atoms with Crippen LogP contribution < -0.4 is 15.6 Å². The van der Waals surface area contributed by atoms with E-state index in [4.69, 9.17) is 4.74 Å². The smallest absolute Gasteiger partial charge is 0.269 e. The summed E-state index contributed by atoms with van der Waals surface area (Å²) in [4.78, 5) is 22.3. The van der Waals surface area contributed by atoms with E-state index in [9.17, 15) is 14.9 Å². The Morgan fingerprint density at radius 3 is 2.46 bits per heavy atom. The average molecular weight is 353 g/mol. The lowest BCUT2D eigenvalue weighted by molar-refractivity contribution is -0.384. The molecule has 0 saturated heterocycles. The van der Waals surface area contributed by atoms with Crippen LogP contribution >= 0.6 is 0 Å². The fraction of sp³-hybridized carbons (Fsp3) is 0.211. The van der Waals surface area contributed by atoms with Crippen molar-refractivity contribution in [2.45, 2.75) is 25.9 Å². The highest BCUT2D eigenvalue weighted by Gasteiger charge is 2.08. The number of allylic oxidation sites excluding steroid dienone is 2. The topological polar surface area (TPSA) is 93.5 Å². The second-order valence-corrected chi connectivity index (χ2v) is 5.94. The fourth-order valence-electron chi connectivity index (χ4n) is 2.58. The van der Waals surface area contributed by atoms with Gasteiger partial charge in [0.25, 0.3) is 11.6 Å². The summed E-state index contributed by atoms with van der Waals surface area (Å²) < 4.78 is 5.60. The van der Waals surface area contributed by atoms with Gasteiger partial charge in [0.2, 0.25) is 0 Å². The Morgan fingerprint density at radius 2 is 1.85 bits per heavy atom. The number of nitrogens with one attached hydrogen (secondary N) is 2. The summed E-state index contributed by atoms with van der Waals surface area (Å²) in [6.45, 7) is 0.310. The van der Waals surface area contributed by atoms with Gasteiger partial charge in [0.05, 0.1) is 4.92 Å². The second kappa shape index (κ2) is 8.15. The molecule has 0 saturated carbocycles. The van der Waals surface area contributed by atoms with Gasteiger partial charge >= 0.3 is 0 Å². The molecule has 0 aromatic heterocycles. The third kappa shape index (κ3) is 4.60. The van der Waals surface area contributed by atoms with Crippen LogP contribution in [0.5, 0.6) is 5.75 Å². The van der Waals surface area contributed by atoms with E-state index in [-0.39, 0.29) is 11.6 Å². The zero-order valence-corrected chi connectivity index (χ0v) is 14.1. The van der Waals surface area contributed by atoms with Crippen LogP contribution in [0.2, 0.25) is 0 Å². The van der Waals surface area contributed by atoms with Gasteiger partial charge in [-0.2, -0.15) is 0 Å². The molecule has 0 radical (unpaired) electrons. The van der Waals surface area contributed by atoms with Gasteiger partial charge in [0.1, 0.15) is 12.4 Å². The summed E-state index contributed by atoms with van der Waals surface area (Å²) in [6, 6.07) is 13.0. The maximum absolute atomic E-state index is 12.1. The first-order chi connectivity index (χ1) is 12.6. The minimum atomic E-state index is -0.453. The van der Waals surface area contributed by atoms with Gasteiger partial charge in [-0.25, -0.2) is 0 Å². The molecule has 1 aliphatic rings. The van der Waals surface area contributed by atoms with Crippen molar-refractivity contribution in [2.24, 2.45) is 0 Å². The average Bonchev–Trinajstić information content (AvgIpc) is 3.19. The highest BCUT2D eigenvalue weighted by atomic mass is 16.6. The first-order valence-electron chi connectivity index (χ1n) is 8.33. The van der Waals surface area contributed by atoms with Crippen molar-refractivity contribution in [1.29, 1.82) is 0 Å². The molecule has 0 fully saturated rings. The molecule has 2 N–H and O–H groups in total. The molecule has 0 aliphatic heterocycles. The van der Waals surface area contributed by atoms with E-state index in [2.05, 4.69) is 16.9 Å². The van der Waals surface area contributed by atoms with E-state index < -0.39 is 4.92 Å². The summed E-state index contributed by atoms with van der Waals surface area (Å²) in [6.07, 6.45) is 5.20. The predicted molar refractivity (Wildman–Crippen MR) is 96.4 cm³/mol. The summed E-state index contributed by atoms with van der Waals surface area (Å²) >= 11 is 0. The van der Waals surface area contributed by atoms with Gasteiger partial charge in [-0.15, -0.1) is 0 Å². The third-order valence-electron chi connectivity index (χ3n) is 4.05. The third-order valence-corrected chi connectivity index (χ3v) is 4.05. The SMILES string of the molecule is O=C(NNC1=CCCC1)c1ccc(COc2ccc([N+](=O)[O-])cc2)cc1. The number of nitrogens with zero attached hydrogens (tertiary/aromatic N) is 1. The molecule has 0 unspecified atom stereocenters. The molecule has 134 valence electrons. The number of carbonyl (C=O) groups is 1. The van der Waals surface area contributed by atoms with Crippen LogP contribution in [0.1, 0.15) is 35.2 Å². The highest BCUT2D eigenvalue weighted by Crippen LogP contribution is 2.18. The lowest BCUT2D eigenvalue weighted by atomic mass is 10.1. The predicted octanol–water partition coefficient (Wildman–Crippen LogP) is 3.48. The number of benzene rings is 2. The molecular weight excluding hydrogens is 334 g/mol. The van der Waals surface area contributed by atoms with E-state index >= 15 is 0 Å². The molecule has 7 heteroatoms. The van der Waals surface area contributed by atoms with Crippen LogP contribution in [0.25, 0.3) is 0 Å². The minimum Gasteiger partial charge on any atom is -0.489 e. The molecule has 7 nitrogen and oxygen atoms in total. The van der Waals surface area contributed by atoms with Crippen molar-refractivity contribution >= 4 is 11.6 Å². The summed E-state index contributed by atoms with van der Waals surface area (Å²) in [5.74, 6) is 0.354. The minimum absolute atomic E-state index is 0.0229. The van der Waals surface area contributed by atoms with Gasteiger partial charge in [0, 0.05) is 23.4 Å². The number of nitro benzene ring substituents is 1. The number of hydrogen-bond acceptors (Lipinski definition) is 5. The number of hydrazine groups is 1. The molecule has 0 heterocycles. The normalized spacial score (nSPS) is 13.0. The number of nitro groups is 1. The van der Waals surface area contributed by atoms with Crippen molar-refractivity contribution in [1.82, 2.24) is 10.9 Å². The summed E-state index contributed by atoms with van der Waals surface area (Å²) in [5.41, 5.74) is 8.15. The standard InChI is InChI=1S/C19H19N3O4/c23-19(21-20-16-3-1-2-4-16)15-7-5-14(6-8-15)13-26-18-11-9-17(10-12-18)22(24)25/h3,5-12,20H,1-2,4,13H2,(H,21,23). The molecule has 1 amide bonds. The Kier molecular flexibility index (Phi) is 5.48. The summed E-state index contributed by atoms with van der Waals surface area (Å²) in [7, 11) is 0. The number of ether oxygens (including phenoxy) is 1. The fourth-order valence-corrected chi connectivity index (χ4v) is 2.58. The Balaban J connectivity index is 1.50. The highest BCUT2D eigenvalue weighted by molar-refractivity contribution is 5.93. The number of amides is 1. The molecule has 1 aliphatic carbocycles. The van der Waals surface area contributed by atoms with Crippen molar-refractivity contribution in [3.63, 3.8) is 0 Å². The molecule has 2 aromatic rings. The quantitative estimate of drug-likeness (QED) is 0.587. The Hall–Kier alpha value is -3.35. The van der Waals surface area contributed by atoms with Crippen molar-refractivity contribution < 1.29 is 14.5 Å². The number of non-ortho nitro benzene ring substituents is 1. The number of hydrogen-bond donors (Lipinski definition) is 2. The van der Waals surface area contributed by atoms with E-state index in [1.807, 2.05) is 12.1 Å². The summed E-state index contributed by atoms with van der Waals surface area (Å²) in [5, 5.41) is 10.6. The maximum Gasteiger partial charge on any atom is 0.269 e. The molecule has 3 rings (SSSR count). The first kappa shape index (κ1) is 17.5. The van der Waals surface area contributed by atoms with Crippen molar-refractivity contribution in [3.05, 3.63) is 81.5 Å². The van der Waals surface area contributed by atoms with Gasteiger partial charge in [-0.05, 0) is 49.1 Å². The van der Waals surface area contributed by atoms with E-state index in [1.54, 1.807) is 24.3 Å². The maximum atomic E-state index is 12.1. The largest absolute Gasteiger partial charge is 0.489 e. The van der Waals surface area contributed by atoms with Gasteiger partial charge in [0.15, 0.2) is 0 Å². The van der Waals surface area contributed by atoms with Gasteiger partial charge < -0.3 is 10.2 Å². The Labute approximate surface area is 150 Å². The van der Waals surface area contributed by atoms with Crippen LogP contribution in [0.15, 0.2) is 60.3 Å². The Morgan fingerprint density at radius 1 is 1.12 bits per heavy atom. The van der Waals surface area contributed by atoms with Crippen molar-refractivity contribution in [3.8, 4) is 5.75 Å². The molecule has 0 atom stereocenters. The molecular formula is C19H19N3O4. The van der Waals surface area contributed by atoms with Crippen LogP contribution in [0.4, 0.5) is 5.69 Å². The van der Waals surface area contributed by atoms with Gasteiger partial charge in [-0.3, -0.25) is 20.3 Å². The number of rotatable bonds is 7. The van der Waals surface area contributed by atoms with Gasteiger partial charge in [-0.1, -0.05) is 18.2 Å². The van der Waals surface area contributed by atoms with E-state index in [0.29, 0.717) is 17.9 Å². The molecule has 0 bridgehead atoms. The molecule has 2 aromatic carbocycles. The molecule has 0 spiro atoms. The zero-order valence-electron chi connectivity index (χ0n) is 14.1. The van der Waals surface area contributed by atoms with Crippen LogP contribution in [0, 0.1) is 10.1 Å². The van der Waals surface area contributed by atoms with Crippen LogP contribution in [0.3, 0.4) is 0 Å². The van der Waals surface area contributed by atoms with Crippen LogP contribution in [-0.2, 0) is 6.61 Å². The molecule has 26 heavy (non-hydrogen) atoms. The first-order valence-corrected chi connectivity index (χ1v) is 8.33. The lowest BCUT2D eigenvalue weighted by Gasteiger charge is -2.10. The Bertz CT molecular complexity index is 814. The number of carbonyl (C=O) groups excluding carboxylic acids is 1. The van der Waals surface area contributed by atoms with Crippen LogP contribution in [-0.4, -0.2) is 10.8 Å². The van der Waals surface area contributed by atoms with E-state index in [1.165, 1.54) is 12.1 Å².